The molecule has 0 spiro atoms. The molecule has 4 aromatic rings. The van der Waals surface area contributed by atoms with Crippen LogP contribution in [0.5, 0.6) is 0 Å². The third-order valence-corrected chi connectivity index (χ3v) is 9.85. The molecule has 48 heavy (non-hydrogen) atoms. The van der Waals surface area contributed by atoms with Gasteiger partial charge in [-0.3, -0.25) is 9.59 Å². The minimum Gasteiger partial charge on any atom is -0.335 e. The first-order valence-electron chi connectivity index (χ1n) is 15.6. The number of hydrogen-bond acceptors (Lipinski definition) is 5. The Labute approximate surface area is 279 Å². The summed E-state index contributed by atoms with van der Waals surface area (Å²) in [6.45, 7) is 1.75. The number of piperidine rings is 1. The average Bonchev–Trinajstić information content (AvgIpc) is 3.09. The van der Waals surface area contributed by atoms with Crippen LogP contribution in [0, 0.1) is 17.6 Å². The van der Waals surface area contributed by atoms with E-state index in [0.29, 0.717) is 21.9 Å². The van der Waals surface area contributed by atoms with Gasteiger partial charge in [-0.05, 0) is 73.0 Å². The Balaban J connectivity index is 1.23. The number of Topliss-reactive ketones (excluding diaryl/α,β-unsaturated/α-hetero) is 1. The van der Waals surface area contributed by atoms with Gasteiger partial charge in [-0.25, -0.2) is 13.8 Å². The lowest BCUT2D eigenvalue weighted by Gasteiger charge is -2.36. The summed E-state index contributed by atoms with van der Waals surface area (Å²) in [5.74, 6) is -3.25. The molecule has 6 rings (SSSR count). The lowest BCUT2D eigenvalue weighted by atomic mass is 9.90. The van der Waals surface area contributed by atoms with E-state index >= 15 is 0 Å². The van der Waals surface area contributed by atoms with Crippen molar-refractivity contribution < 1.29 is 31.5 Å². The third kappa shape index (κ3) is 7.52. The SMILES string of the molecule is O=C1c2ccccc2N=C(SCc2cccc(F)c2F)C1CC(=O)N(Cc1ccc(-c2ccc(C(F)(F)F)cc2)cc1)C1CCNCC1. The fraction of sp³-hybridized carbons (Fsp3) is 0.270. The van der Waals surface area contributed by atoms with Crippen molar-refractivity contribution in [1.82, 2.24) is 10.2 Å². The number of carbonyl (C=O) groups is 2. The van der Waals surface area contributed by atoms with E-state index in [0.717, 1.165) is 67.0 Å². The Bertz CT molecular complexity index is 1820. The highest BCUT2D eigenvalue weighted by atomic mass is 32.2. The fourth-order valence-corrected chi connectivity index (χ4v) is 7.16. The molecule has 11 heteroatoms. The maximum absolute atomic E-state index is 14.5. The number of alkyl halides is 3. The standard InChI is InChI=1S/C37H32F5N3O2S/c38-31-6-3-4-26(34(31)39)22-48-36-30(35(47)29-5-1-2-7-32(29)44-36)20-33(46)45(28-16-18-43-19-17-28)21-23-8-10-24(11-9-23)25-12-14-27(15-13-25)37(40,41)42/h1-15,28,30,43H,16-22H2. The van der Waals surface area contributed by atoms with Gasteiger partial charge in [-0.2, -0.15) is 13.2 Å². The zero-order chi connectivity index (χ0) is 33.8. The Morgan fingerprint density at radius 1 is 0.875 bits per heavy atom. The molecule has 2 aliphatic rings. The molecule has 1 amide bonds. The van der Waals surface area contributed by atoms with Crippen molar-refractivity contribution in [3.63, 3.8) is 0 Å². The second kappa shape index (κ2) is 14.4. The van der Waals surface area contributed by atoms with Crippen molar-refractivity contribution >= 4 is 34.2 Å². The average molecular weight is 678 g/mol. The molecule has 5 nitrogen and oxygen atoms in total. The Hall–Kier alpha value is -4.35. The van der Waals surface area contributed by atoms with E-state index in [1.54, 1.807) is 29.2 Å². The van der Waals surface area contributed by atoms with Crippen LogP contribution in [0.3, 0.4) is 0 Å². The summed E-state index contributed by atoms with van der Waals surface area (Å²) < 4.78 is 67.4. The lowest BCUT2D eigenvalue weighted by molar-refractivity contribution is -0.137. The maximum atomic E-state index is 14.5. The third-order valence-electron chi connectivity index (χ3n) is 8.72. The van der Waals surface area contributed by atoms with Crippen molar-refractivity contribution in [2.75, 3.05) is 13.1 Å². The van der Waals surface area contributed by atoms with Gasteiger partial charge in [0.25, 0.3) is 0 Å². The Kier molecular flexibility index (Phi) is 10.1. The number of rotatable bonds is 8. The molecule has 2 heterocycles. The zero-order valence-electron chi connectivity index (χ0n) is 25.8. The normalized spacial score (nSPS) is 16.7. The van der Waals surface area contributed by atoms with Gasteiger partial charge in [0.2, 0.25) is 5.91 Å². The monoisotopic (exact) mass is 677 g/mol. The number of thioether (sulfide) groups is 1. The number of fused-ring (bicyclic) bond motifs is 1. The molecule has 0 aromatic heterocycles. The topological polar surface area (TPSA) is 61.8 Å². The summed E-state index contributed by atoms with van der Waals surface area (Å²) in [6.07, 6.45) is -3.10. The minimum atomic E-state index is -4.41. The number of hydrogen-bond donors (Lipinski definition) is 1. The van der Waals surface area contributed by atoms with E-state index < -0.39 is 29.3 Å². The number of para-hydroxylation sites is 1. The summed E-state index contributed by atoms with van der Waals surface area (Å²) >= 11 is 1.12. The number of nitrogens with one attached hydrogen (secondary N) is 1. The van der Waals surface area contributed by atoms with E-state index in [4.69, 9.17) is 4.99 Å². The van der Waals surface area contributed by atoms with Gasteiger partial charge in [0, 0.05) is 35.9 Å². The highest BCUT2D eigenvalue weighted by molar-refractivity contribution is 8.13. The number of amides is 1. The van der Waals surface area contributed by atoms with Crippen molar-refractivity contribution in [2.45, 2.75) is 43.8 Å². The first-order valence-corrected chi connectivity index (χ1v) is 16.6. The molecule has 1 atom stereocenters. The molecule has 0 radical (unpaired) electrons. The first-order chi connectivity index (χ1) is 23.1. The fourth-order valence-electron chi connectivity index (χ4n) is 6.08. The number of halogens is 5. The molecule has 0 aliphatic carbocycles. The highest BCUT2D eigenvalue weighted by Crippen LogP contribution is 2.36. The molecule has 4 aromatic carbocycles. The number of nitrogens with zero attached hydrogens (tertiary/aromatic N) is 2. The lowest BCUT2D eigenvalue weighted by Crippen LogP contribution is -2.47. The van der Waals surface area contributed by atoms with Gasteiger partial charge in [0.05, 0.1) is 22.2 Å². The number of benzene rings is 4. The molecular formula is C37H32F5N3O2S. The second-order valence-electron chi connectivity index (χ2n) is 11.9. The van der Waals surface area contributed by atoms with E-state index in [2.05, 4.69) is 5.32 Å². The van der Waals surface area contributed by atoms with Gasteiger partial charge >= 0.3 is 6.18 Å². The summed E-state index contributed by atoms with van der Waals surface area (Å²) in [6, 6.07) is 23.1. The second-order valence-corrected chi connectivity index (χ2v) is 12.9. The van der Waals surface area contributed by atoms with Crippen molar-refractivity contribution in [3.05, 3.63) is 125 Å². The van der Waals surface area contributed by atoms with E-state index in [9.17, 15) is 31.5 Å². The molecule has 248 valence electrons. The van der Waals surface area contributed by atoms with Crippen LogP contribution in [0.4, 0.5) is 27.6 Å². The molecule has 1 unspecified atom stereocenters. The van der Waals surface area contributed by atoms with Crippen LogP contribution in [0.25, 0.3) is 11.1 Å². The molecule has 0 saturated carbocycles. The Morgan fingerprint density at radius 3 is 2.23 bits per heavy atom. The van der Waals surface area contributed by atoms with E-state index in [1.165, 1.54) is 24.3 Å². The van der Waals surface area contributed by atoms with Crippen LogP contribution < -0.4 is 5.32 Å². The van der Waals surface area contributed by atoms with Gasteiger partial charge in [0.1, 0.15) is 0 Å². The molecule has 2 aliphatic heterocycles. The van der Waals surface area contributed by atoms with Crippen molar-refractivity contribution in [2.24, 2.45) is 10.9 Å². The largest absolute Gasteiger partial charge is 0.416 e. The van der Waals surface area contributed by atoms with E-state index in [1.807, 2.05) is 24.3 Å². The Morgan fingerprint density at radius 2 is 1.54 bits per heavy atom. The van der Waals surface area contributed by atoms with Crippen LogP contribution in [0.1, 0.15) is 46.3 Å². The summed E-state index contributed by atoms with van der Waals surface area (Å²) in [7, 11) is 0. The molecule has 1 fully saturated rings. The van der Waals surface area contributed by atoms with E-state index in [-0.39, 0.29) is 42.0 Å². The van der Waals surface area contributed by atoms with Gasteiger partial charge in [0.15, 0.2) is 17.4 Å². The minimum absolute atomic E-state index is 0.0336. The molecular weight excluding hydrogens is 645 g/mol. The van der Waals surface area contributed by atoms with Crippen LogP contribution in [-0.4, -0.2) is 40.8 Å². The molecule has 0 bridgehead atoms. The van der Waals surface area contributed by atoms with Gasteiger partial charge < -0.3 is 10.2 Å². The smallest absolute Gasteiger partial charge is 0.335 e. The van der Waals surface area contributed by atoms with Crippen molar-refractivity contribution in [1.29, 1.82) is 0 Å². The summed E-state index contributed by atoms with van der Waals surface area (Å²) in [5, 5.41) is 3.69. The van der Waals surface area contributed by atoms with Crippen LogP contribution in [0.2, 0.25) is 0 Å². The first kappa shape index (κ1) is 33.5. The summed E-state index contributed by atoms with van der Waals surface area (Å²) in [4.78, 5) is 34.5. The maximum Gasteiger partial charge on any atom is 0.416 e. The predicted octanol–water partition coefficient (Wildman–Crippen LogP) is 8.60. The van der Waals surface area contributed by atoms with Crippen LogP contribution >= 0.6 is 11.8 Å². The van der Waals surface area contributed by atoms with Gasteiger partial charge in [-0.15, -0.1) is 11.8 Å². The molecule has 1 N–H and O–H groups in total. The number of carbonyl (C=O) groups excluding carboxylic acids is 2. The highest BCUT2D eigenvalue weighted by Gasteiger charge is 2.36. The quantitative estimate of drug-likeness (QED) is 0.190. The van der Waals surface area contributed by atoms with Gasteiger partial charge in [-0.1, -0.05) is 60.7 Å². The number of ketones is 1. The van der Waals surface area contributed by atoms with Crippen LogP contribution in [-0.2, 0) is 23.3 Å². The van der Waals surface area contributed by atoms with Crippen molar-refractivity contribution in [3.8, 4) is 11.1 Å². The zero-order valence-corrected chi connectivity index (χ0v) is 26.6. The van der Waals surface area contributed by atoms with Crippen LogP contribution in [0.15, 0.2) is 96.0 Å². The summed E-state index contributed by atoms with van der Waals surface area (Å²) in [5.41, 5.74) is 2.51. The molecule has 1 saturated heterocycles. The number of aliphatic imine (C=N–C) groups is 1. The predicted molar refractivity (Wildman–Crippen MR) is 177 cm³/mol.